The van der Waals surface area contributed by atoms with Gasteiger partial charge in [0, 0.05) is 11.9 Å². The number of halogens is 1. The van der Waals surface area contributed by atoms with Gasteiger partial charge in [0.05, 0.1) is 0 Å². The average molecular weight is 260 g/mol. The molecule has 88 valence electrons. The highest BCUT2D eigenvalue weighted by molar-refractivity contribution is 7.99. The van der Waals surface area contributed by atoms with E-state index in [1.807, 2.05) is 19.9 Å². The average Bonchev–Trinajstić information content (AvgIpc) is 2.20. The highest BCUT2D eigenvalue weighted by atomic mass is 35.5. The number of carboxylic acids is 1. The SMILES string of the molecule is CC(C)C(SCc1cccnc1Cl)C(=O)O. The van der Waals surface area contributed by atoms with E-state index in [9.17, 15) is 4.79 Å². The van der Waals surface area contributed by atoms with E-state index in [1.54, 1.807) is 12.3 Å². The second-order valence-corrected chi connectivity index (χ2v) is 5.26. The van der Waals surface area contributed by atoms with Crippen molar-refractivity contribution >= 4 is 29.3 Å². The predicted octanol–water partition coefficient (Wildman–Crippen LogP) is 3.08. The summed E-state index contributed by atoms with van der Waals surface area (Å²) in [6, 6.07) is 3.66. The van der Waals surface area contributed by atoms with Crippen LogP contribution in [-0.4, -0.2) is 21.3 Å². The van der Waals surface area contributed by atoms with Crippen LogP contribution < -0.4 is 0 Å². The van der Waals surface area contributed by atoms with Gasteiger partial charge in [0.25, 0.3) is 0 Å². The number of nitrogens with zero attached hydrogens (tertiary/aromatic N) is 1. The molecular formula is C11H14ClNO2S. The van der Waals surface area contributed by atoms with E-state index >= 15 is 0 Å². The Kier molecular flexibility index (Phi) is 5.09. The lowest BCUT2D eigenvalue weighted by Crippen LogP contribution is -2.22. The van der Waals surface area contributed by atoms with Crippen molar-refractivity contribution in [2.75, 3.05) is 0 Å². The Morgan fingerprint density at radius 1 is 1.62 bits per heavy atom. The Hall–Kier alpha value is -0.740. The number of aliphatic carboxylic acids is 1. The second kappa shape index (κ2) is 6.11. The largest absolute Gasteiger partial charge is 0.480 e. The van der Waals surface area contributed by atoms with Gasteiger partial charge < -0.3 is 5.11 Å². The number of carboxylic acid groups (broad SMARTS) is 1. The number of thioether (sulfide) groups is 1. The van der Waals surface area contributed by atoms with Crippen molar-refractivity contribution in [3.8, 4) is 0 Å². The molecule has 0 spiro atoms. The van der Waals surface area contributed by atoms with Crippen molar-refractivity contribution in [1.29, 1.82) is 0 Å². The van der Waals surface area contributed by atoms with Crippen LogP contribution in [0.15, 0.2) is 18.3 Å². The van der Waals surface area contributed by atoms with Gasteiger partial charge in [-0.05, 0) is 17.5 Å². The van der Waals surface area contributed by atoms with Crippen LogP contribution in [-0.2, 0) is 10.5 Å². The zero-order valence-electron chi connectivity index (χ0n) is 9.18. The van der Waals surface area contributed by atoms with Crippen molar-refractivity contribution in [2.24, 2.45) is 5.92 Å². The van der Waals surface area contributed by atoms with Crippen molar-refractivity contribution in [3.63, 3.8) is 0 Å². The zero-order chi connectivity index (χ0) is 12.1. The standard InChI is InChI=1S/C11H14ClNO2S/c1-7(2)9(11(14)15)16-6-8-4-3-5-13-10(8)12/h3-5,7,9H,6H2,1-2H3,(H,14,15). The number of carbonyl (C=O) groups is 1. The molecule has 1 aromatic rings. The summed E-state index contributed by atoms with van der Waals surface area (Å²) in [4.78, 5) is 14.9. The molecule has 0 aromatic carbocycles. The van der Waals surface area contributed by atoms with Crippen molar-refractivity contribution in [3.05, 3.63) is 29.0 Å². The van der Waals surface area contributed by atoms with E-state index in [4.69, 9.17) is 16.7 Å². The third kappa shape index (κ3) is 3.68. The molecule has 3 nitrogen and oxygen atoms in total. The summed E-state index contributed by atoms with van der Waals surface area (Å²) in [6.07, 6.45) is 1.62. The van der Waals surface area contributed by atoms with Gasteiger partial charge in [0.2, 0.25) is 0 Å². The van der Waals surface area contributed by atoms with E-state index in [0.717, 1.165) is 5.56 Å². The fraction of sp³-hybridized carbons (Fsp3) is 0.455. The van der Waals surface area contributed by atoms with Gasteiger partial charge in [-0.15, -0.1) is 11.8 Å². The molecule has 1 rings (SSSR count). The first kappa shape index (κ1) is 13.3. The molecule has 0 saturated heterocycles. The van der Waals surface area contributed by atoms with Crippen LogP contribution in [0, 0.1) is 5.92 Å². The van der Waals surface area contributed by atoms with Gasteiger partial charge in [-0.2, -0.15) is 0 Å². The number of hydrogen-bond donors (Lipinski definition) is 1. The maximum atomic E-state index is 11.0. The third-order valence-electron chi connectivity index (χ3n) is 2.10. The smallest absolute Gasteiger partial charge is 0.316 e. The van der Waals surface area contributed by atoms with Crippen molar-refractivity contribution in [1.82, 2.24) is 4.98 Å². The third-order valence-corrected chi connectivity index (χ3v) is 4.03. The molecule has 0 bridgehead atoms. The van der Waals surface area contributed by atoms with Gasteiger partial charge in [0.15, 0.2) is 0 Å². The molecule has 0 fully saturated rings. The van der Waals surface area contributed by atoms with E-state index in [-0.39, 0.29) is 5.92 Å². The van der Waals surface area contributed by atoms with E-state index < -0.39 is 11.2 Å². The molecular weight excluding hydrogens is 246 g/mol. The lowest BCUT2D eigenvalue weighted by atomic mass is 10.1. The Morgan fingerprint density at radius 3 is 2.81 bits per heavy atom. The molecule has 1 atom stereocenters. The summed E-state index contributed by atoms with van der Waals surface area (Å²) < 4.78 is 0. The van der Waals surface area contributed by atoms with Crippen LogP contribution >= 0.6 is 23.4 Å². The minimum Gasteiger partial charge on any atom is -0.480 e. The van der Waals surface area contributed by atoms with Gasteiger partial charge in [-0.3, -0.25) is 4.79 Å². The maximum Gasteiger partial charge on any atom is 0.316 e. The predicted molar refractivity (Wildman–Crippen MR) is 66.8 cm³/mol. The highest BCUT2D eigenvalue weighted by Crippen LogP contribution is 2.26. The molecule has 1 unspecified atom stereocenters. The quantitative estimate of drug-likeness (QED) is 0.826. The minimum absolute atomic E-state index is 0.0953. The Balaban J connectivity index is 2.63. The first-order chi connectivity index (χ1) is 7.52. The molecule has 0 aliphatic carbocycles. The normalized spacial score (nSPS) is 12.8. The van der Waals surface area contributed by atoms with Gasteiger partial charge in [-0.25, -0.2) is 4.98 Å². The van der Waals surface area contributed by atoms with Crippen LogP contribution in [0.4, 0.5) is 0 Å². The van der Waals surface area contributed by atoms with Crippen molar-refractivity contribution < 1.29 is 9.90 Å². The summed E-state index contributed by atoms with van der Waals surface area (Å²) in [5.41, 5.74) is 0.876. The lowest BCUT2D eigenvalue weighted by Gasteiger charge is -2.15. The lowest BCUT2D eigenvalue weighted by molar-refractivity contribution is -0.137. The molecule has 16 heavy (non-hydrogen) atoms. The summed E-state index contributed by atoms with van der Waals surface area (Å²) in [5, 5.41) is 9.06. The van der Waals surface area contributed by atoms with Crippen LogP contribution in [0.3, 0.4) is 0 Å². The molecule has 5 heteroatoms. The monoisotopic (exact) mass is 259 g/mol. The summed E-state index contributed by atoms with van der Waals surface area (Å²) >= 11 is 7.28. The Morgan fingerprint density at radius 2 is 2.31 bits per heavy atom. The molecule has 0 amide bonds. The van der Waals surface area contributed by atoms with Crippen LogP contribution in [0.2, 0.25) is 5.15 Å². The first-order valence-electron chi connectivity index (χ1n) is 4.96. The van der Waals surface area contributed by atoms with Crippen LogP contribution in [0.1, 0.15) is 19.4 Å². The molecule has 1 aromatic heterocycles. The minimum atomic E-state index is -0.778. The van der Waals surface area contributed by atoms with Crippen LogP contribution in [0.25, 0.3) is 0 Å². The summed E-state index contributed by atoms with van der Waals surface area (Å²) in [6.45, 7) is 3.80. The summed E-state index contributed by atoms with van der Waals surface area (Å²) in [7, 11) is 0. The second-order valence-electron chi connectivity index (χ2n) is 3.77. The fourth-order valence-corrected chi connectivity index (χ4v) is 2.64. The van der Waals surface area contributed by atoms with Crippen molar-refractivity contribution in [2.45, 2.75) is 24.9 Å². The molecule has 1 N–H and O–H groups in total. The first-order valence-corrected chi connectivity index (χ1v) is 6.39. The van der Waals surface area contributed by atoms with Gasteiger partial charge in [0.1, 0.15) is 10.4 Å². The van der Waals surface area contributed by atoms with Crippen LogP contribution in [0.5, 0.6) is 0 Å². The number of hydrogen-bond acceptors (Lipinski definition) is 3. The topological polar surface area (TPSA) is 50.2 Å². The highest BCUT2D eigenvalue weighted by Gasteiger charge is 2.22. The van der Waals surface area contributed by atoms with E-state index in [0.29, 0.717) is 10.9 Å². The number of aromatic nitrogens is 1. The maximum absolute atomic E-state index is 11.0. The fourth-order valence-electron chi connectivity index (χ4n) is 1.26. The Bertz CT molecular complexity index is 371. The number of pyridine rings is 1. The van der Waals surface area contributed by atoms with Gasteiger partial charge >= 0.3 is 5.97 Å². The molecule has 0 saturated carbocycles. The summed E-state index contributed by atoms with van der Waals surface area (Å²) in [5.74, 6) is -0.111. The van der Waals surface area contributed by atoms with Gasteiger partial charge in [-0.1, -0.05) is 31.5 Å². The number of rotatable bonds is 5. The van der Waals surface area contributed by atoms with E-state index in [2.05, 4.69) is 4.98 Å². The Labute approximate surface area is 104 Å². The molecule has 1 heterocycles. The molecule has 0 radical (unpaired) electrons. The van der Waals surface area contributed by atoms with E-state index in [1.165, 1.54) is 11.8 Å². The zero-order valence-corrected chi connectivity index (χ0v) is 10.8. The molecule has 0 aliphatic rings. The molecule has 0 aliphatic heterocycles.